The van der Waals surface area contributed by atoms with Gasteiger partial charge in [-0.1, -0.05) is 37.6 Å². The van der Waals surface area contributed by atoms with Gasteiger partial charge in [0.15, 0.2) is 0 Å². The summed E-state index contributed by atoms with van der Waals surface area (Å²) in [5.41, 5.74) is 3.47. The first-order valence-electron chi connectivity index (χ1n) is 5.92. The largest absolute Gasteiger partial charge is 0.478 e. The molecule has 0 heterocycles. The van der Waals surface area contributed by atoms with Crippen molar-refractivity contribution in [2.75, 3.05) is 0 Å². The molecule has 1 N–H and O–H groups in total. The first-order chi connectivity index (χ1) is 7.91. The molecular weight excluding hydrogens is 212 g/mol. The third-order valence-corrected chi connectivity index (χ3v) is 2.49. The van der Waals surface area contributed by atoms with Crippen LogP contribution in [0, 0.1) is 5.92 Å². The molecule has 17 heavy (non-hydrogen) atoms. The van der Waals surface area contributed by atoms with Gasteiger partial charge in [0.1, 0.15) is 0 Å². The van der Waals surface area contributed by atoms with Gasteiger partial charge in [-0.3, -0.25) is 0 Å². The second kappa shape index (κ2) is 5.67. The van der Waals surface area contributed by atoms with Crippen LogP contribution in [0.2, 0.25) is 0 Å². The van der Waals surface area contributed by atoms with E-state index in [9.17, 15) is 9.90 Å². The van der Waals surface area contributed by atoms with Gasteiger partial charge in [-0.25, -0.2) is 4.79 Å². The van der Waals surface area contributed by atoms with Gasteiger partial charge in [-0.2, -0.15) is 0 Å². The van der Waals surface area contributed by atoms with Gasteiger partial charge >= 0.3 is 5.97 Å². The van der Waals surface area contributed by atoms with E-state index in [1.165, 1.54) is 0 Å². The highest BCUT2D eigenvalue weighted by molar-refractivity contribution is 5.93. The van der Waals surface area contributed by atoms with Crippen LogP contribution in [0.4, 0.5) is 0 Å². The van der Waals surface area contributed by atoms with E-state index in [1.54, 1.807) is 6.07 Å². The van der Waals surface area contributed by atoms with Gasteiger partial charge in [0.2, 0.25) is 0 Å². The molecule has 0 bridgehead atoms. The van der Waals surface area contributed by atoms with Crippen molar-refractivity contribution in [3.63, 3.8) is 0 Å². The van der Waals surface area contributed by atoms with Crippen molar-refractivity contribution < 1.29 is 9.90 Å². The normalized spacial score (nSPS) is 10.4. The monoisotopic (exact) mass is 232 g/mol. The van der Waals surface area contributed by atoms with E-state index >= 15 is 0 Å². The number of aromatic carboxylic acids is 1. The molecule has 0 unspecified atom stereocenters. The molecule has 0 saturated heterocycles. The molecule has 0 spiro atoms. The molecule has 1 aromatic rings. The number of carboxylic acids is 1. The van der Waals surface area contributed by atoms with Gasteiger partial charge in [0.05, 0.1) is 5.56 Å². The quantitative estimate of drug-likeness (QED) is 0.851. The van der Waals surface area contributed by atoms with Crippen LogP contribution in [-0.4, -0.2) is 11.1 Å². The summed E-state index contributed by atoms with van der Waals surface area (Å²) in [6, 6.07) is 5.51. The average molecular weight is 232 g/mol. The molecule has 0 radical (unpaired) electrons. The van der Waals surface area contributed by atoms with Gasteiger partial charge in [0, 0.05) is 0 Å². The Bertz CT molecular complexity index is 438. The number of hydrogen-bond acceptors (Lipinski definition) is 1. The Hall–Kier alpha value is -1.57. The predicted molar refractivity (Wildman–Crippen MR) is 71.3 cm³/mol. The van der Waals surface area contributed by atoms with Crippen molar-refractivity contribution in [1.29, 1.82) is 0 Å². The molecule has 0 aromatic heterocycles. The zero-order valence-corrected chi connectivity index (χ0v) is 10.9. The van der Waals surface area contributed by atoms with Gasteiger partial charge in [-0.05, 0) is 43.4 Å². The Balaban J connectivity index is 3.34. The van der Waals surface area contributed by atoms with E-state index in [2.05, 4.69) is 13.8 Å². The maximum absolute atomic E-state index is 11.2. The lowest BCUT2D eigenvalue weighted by Gasteiger charge is -2.12. The van der Waals surface area contributed by atoms with E-state index in [4.69, 9.17) is 0 Å². The molecule has 0 fully saturated rings. The van der Waals surface area contributed by atoms with E-state index < -0.39 is 5.97 Å². The van der Waals surface area contributed by atoms with Crippen molar-refractivity contribution in [3.05, 3.63) is 40.5 Å². The summed E-state index contributed by atoms with van der Waals surface area (Å²) in [7, 11) is 0. The molecule has 1 rings (SSSR count). The fraction of sp³-hybridized carbons (Fsp3) is 0.400. The van der Waals surface area contributed by atoms with Crippen LogP contribution in [0.5, 0.6) is 0 Å². The Morgan fingerprint density at radius 3 is 2.47 bits per heavy atom. The lowest BCUT2D eigenvalue weighted by molar-refractivity contribution is 0.0696. The molecule has 0 saturated carbocycles. The summed E-state index contributed by atoms with van der Waals surface area (Å²) >= 11 is 0. The van der Waals surface area contributed by atoms with Gasteiger partial charge < -0.3 is 5.11 Å². The highest BCUT2D eigenvalue weighted by atomic mass is 16.4. The molecule has 0 amide bonds. The van der Waals surface area contributed by atoms with Crippen LogP contribution in [0.3, 0.4) is 0 Å². The third-order valence-electron chi connectivity index (χ3n) is 2.49. The maximum atomic E-state index is 11.2. The molecule has 2 nitrogen and oxygen atoms in total. The number of carboxylic acid groups (broad SMARTS) is 1. The first-order valence-corrected chi connectivity index (χ1v) is 5.92. The maximum Gasteiger partial charge on any atom is 0.336 e. The van der Waals surface area contributed by atoms with Crippen LogP contribution in [-0.2, 0) is 6.42 Å². The van der Waals surface area contributed by atoms with Crippen molar-refractivity contribution in [3.8, 4) is 0 Å². The van der Waals surface area contributed by atoms with Crippen molar-refractivity contribution in [1.82, 2.24) is 0 Å². The minimum atomic E-state index is -0.858. The number of allylic oxidation sites excluding steroid dienone is 1. The molecule has 1 aromatic carbocycles. The molecule has 0 aliphatic heterocycles. The van der Waals surface area contributed by atoms with Crippen molar-refractivity contribution >= 4 is 12.0 Å². The van der Waals surface area contributed by atoms with Crippen LogP contribution in [0.25, 0.3) is 6.08 Å². The highest BCUT2D eigenvalue weighted by Gasteiger charge is 2.12. The van der Waals surface area contributed by atoms with Crippen LogP contribution < -0.4 is 0 Å². The Morgan fingerprint density at radius 1 is 1.35 bits per heavy atom. The summed E-state index contributed by atoms with van der Waals surface area (Å²) in [6.07, 6.45) is 2.86. The number of benzene rings is 1. The highest BCUT2D eigenvalue weighted by Crippen LogP contribution is 2.21. The summed E-state index contributed by atoms with van der Waals surface area (Å²) in [5.74, 6) is -0.341. The third kappa shape index (κ3) is 3.74. The standard InChI is InChI=1S/C15H20O2/c1-10(2)8-12-6-5-7-13(15(16)17)14(12)9-11(3)4/h5-7,9-10H,8H2,1-4H3,(H,16,17). The average Bonchev–Trinajstić information content (AvgIpc) is 2.18. The van der Waals surface area contributed by atoms with E-state index in [0.29, 0.717) is 11.5 Å². The van der Waals surface area contributed by atoms with E-state index in [0.717, 1.165) is 23.1 Å². The SMILES string of the molecule is CC(C)=Cc1c(CC(C)C)cccc1C(=O)O. The van der Waals surface area contributed by atoms with E-state index in [1.807, 2.05) is 32.1 Å². The van der Waals surface area contributed by atoms with Gasteiger partial charge in [0.25, 0.3) is 0 Å². The Labute approximate surface area is 103 Å². The second-order valence-corrected chi connectivity index (χ2v) is 5.00. The van der Waals surface area contributed by atoms with Crippen LogP contribution >= 0.6 is 0 Å². The zero-order valence-electron chi connectivity index (χ0n) is 10.9. The minimum Gasteiger partial charge on any atom is -0.478 e. The molecule has 0 aliphatic rings. The molecule has 2 heteroatoms. The molecular formula is C15H20O2. The summed E-state index contributed by atoms with van der Waals surface area (Å²) < 4.78 is 0. The topological polar surface area (TPSA) is 37.3 Å². The Morgan fingerprint density at radius 2 is 2.00 bits per heavy atom. The Kier molecular flexibility index (Phi) is 4.50. The zero-order chi connectivity index (χ0) is 13.0. The molecule has 92 valence electrons. The van der Waals surface area contributed by atoms with Crippen molar-refractivity contribution in [2.24, 2.45) is 5.92 Å². The lowest BCUT2D eigenvalue weighted by atomic mass is 9.93. The summed E-state index contributed by atoms with van der Waals surface area (Å²) in [4.78, 5) is 11.2. The van der Waals surface area contributed by atoms with E-state index in [-0.39, 0.29) is 0 Å². The smallest absolute Gasteiger partial charge is 0.336 e. The number of hydrogen-bond donors (Lipinski definition) is 1. The summed E-state index contributed by atoms with van der Waals surface area (Å²) in [5, 5.41) is 9.21. The molecule has 0 aliphatic carbocycles. The van der Waals surface area contributed by atoms with Crippen molar-refractivity contribution in [2.45, 2.75) is 34.1 Å². The minimum absolute atomic E-state index is 0.393. The van der Waals surface area contributed by atoms with Crippen LogP contribution in [0.15, 0.2) is 23.8 Å². The number of carbonyl (C=O) groups is 1. The van der Waals surface area contributed by atoms with Gasteiger partial charge in [-0.15, -0.1) is 0 Å². The second-order valence-electron chi connectivity index (χ2n) is 5.00. The summed E-state index contributed by atoms with van der Waals surface area (Å²) in [6.45, 7) is 8.25. The fourth-order valence-corrected chi connectivity index (χ4v) is 1.88. The fourth-order valence-electron chi connectivity index (χ4n) is 1.88. The number of rotatable bonds is 4. The van der Waals surface area contributed by atoms with Crippen LogP contribution in [0.1, 0.15) is 49.2 Å². The lowest BCUT2D eigenvalue weighted by Crippen LogP contribution is -2.05. The molecule has 0 atom stereocenters. The first kappa shape index (κ1) is 13.5. The predicted octanol–water partition coefficient (Wildman–Crippen LogP) is 4.01.